The van der Waals surface area contributed by atoms with Crippen molar-refractivity contribution in [2.24, 2.45) is 11.8 Å². The topological polar surface area (TPSA) is 55.8 Å². The zero-order valence-electron chi connectivity index (χ0n) is 11.5. The number of fused-ring (bicyclic) bond motifs is 1. The predicted molar refractivity (Wildman–Crippen MR) is 69.2 cm³/mol. The number of rotatable bonds is 1. The third kappa shape index (κ3) is 2.64. The highest BCUT2D eigenvalue weighted by Gasteiger charge is 2.37. The molecule has 1 aliphatic heterocycles. The molecule has 0 aromatic carbocycles. The van der Waals surface area contributed by atoms with Gasteiger partial charge in [0, 0.05) is 18.7 Å². The summed E-state index contributed by atoms with van der Waals surface area (Å²) in [5.41, 5.74) is 1.85. The Morgan fingerprint density at radius 2 is 2.05 bits per heavy atom. The summed E-state index contributed by atoms with van der Waals surface area (Å²) in [5, 5.41) is 0. The Kier molecular flexibility index (Phi) is 3.93. The fraction of sp³-hybridized carbons (Fsp3) is 0.571. The van der Waals surface area contributed by atoms with Crippen LogP contribution in [0.1, 0.15) is 19.8 Å². The van der Waals surface area contributed by atoms with E-state index in [0.717, 1.165) is 12.8 Å². The van der Waals surface area contributed by atoms with Crippen molar-refractivity contribution < 1.29 is 19.1 Å². The van der Waals surface area contributed by atoms with Gasteiger partial charge in [-0.1, -0.05) is 11.6 Å². The van der Waals surface area contributed by atoms with Crippen LogP contribution in [0.3, 0.4) is 0 Å². The fourth-order valence-electron chi connectivity index (χ4n) is 2.81. The molecule has 2 aliphatic rings. The van der Waals surface area contributed by atoms with E-state index in [0.29, 0.717) is 12.1 Å². The molecule has 1 amide bonds. The zero-order valence-corrected chi connectivity index (χ0v) is 11.5. The first-order valence-electron chi connectivity index (χ1n) is 6.37. The first kappa shape index (κ1) is 13.6. The minimum atomic E-state index is -0.439. The van der Waals surface area contributed by atoms with Crippen LogP contribution in [-0.2, 0) is 14.3 Å². The summed E-state index contributed by atoms with van der Waals surface area (Å²) in [6.07, 6.45) is 5.04. The number of ether oxygens (including phenoxy) is 2. The molecule has 0 saturated carbocycles. The van der Waals surface area contributed by atoms with Crippen molar-refractivity contribution in [1.82, 2.24) is 4.90 Å². The van der Waals surface area contributed by atoms with E-state index in [1.165, 1.54) is 24.7 Å². The molecule has 0 spiro atoms. The molecule has 0 aromatic heterocycles. The normalized spacial score (nSPS) is 25.9. The third-order valence-corrected chi connectivity index (χ3v) is 3.84. The quantitative estimate of drug-likeness (QED) is 0.538. The van der Waals surface area contributed by atoms with E-state index in [-0.39, 0.29) is 17.8 Å². The van der Waals surface area contributed by atoms with E-state index in [4.69, 9.17) is 9.47 Å². The highest BCUT2D eigenvalue weighted by atomic mass is 16.5. The highest BCUT2D eigenvalue weighted by Crippen LogP contribution is 2.38. The monoisotopic (exact) mass is 265 g/mol. The lowest BCUT2D eigenvalue weighted by molar-refractivity contribution is -0.137. The van der Waals surface area contributed by atoms with E-state index in [9.17, 15) is 9.59 Å². The van der Waals surface area contributed by atoms with Crippen molar-refractivity contribution >= 4 is 12.1 Å². The number of carbonyl (C=O) groups is 2. The SMILES string of the molecule is COC(=O)C1=CN(C(=O)OC)C[C@@H]2CC=C(C)C[C@H]12. The Morgan fingerprint density at radius 1 is 1.32 bits per heavy atom. The Hall–Kier alpha value is -1.78. The summed E-state index contributed by atoms with van der Waals surface area (Å²) in [4.78, 5) is 25.0. The van der Waals surface area contributed by atoms with Gasteiger partial charge < -0.3 is 9.47 Å². The number of methoxy groups -OCH3 is 2. The maximum absolute atomic E-state index is 11.9. The van der Waals surface area contributed by atoms with Gasteiger partial charge in [-0.25, -0.2) is 9.59 Å². The van der Waals surface area contributed by atoms with Crippen LogP contribution in [-0.4, -0.2) is 37.7 Å². The van der Waals surface area contributed by atoms with Gasteiger partial charge in [-0.3, -0.25) is 4.90 Å². The molecule has 19 heavy (non-hydrogen) atoms. The lowest BCUT2D eigenvalue weighted by Crippen LogP contribution is -2.41. The Balaban J connectivity index is 2.31. The molecule has 5 heteroatoms. The van der Waals surface area contributed by atoms with Crippen LogP contribution in [0.5, 0.6) is 0 Å². The predicted octanol–water partition coefficient (Wildman–Crippen LogP) is 2.10. The Bertz CT molecular complexity index is 452. The summed E-state index contributed by atoms with van der Waals surface area (Å²) in [6, 6.07) is 0. The van der Waals surface area contributed by atoms with Gasteiger partial charge in [-0.2, -0.15) is 0 Å². The summed E-state index contributed by atoms with van der Waals surface area (Å²) in [6.45, 7) is 2.65. The number of esters is 1. The average Bonchev–Trinajstić information content (AvgIpc) is 2.44. The van der Waals surface area contributed by atoms with Crippen molar-refractivity contribution in [2.75, 3.05) is 20.8 Å². The smallest absolute Gasteiger partial charge is 0.413 e. The summed E-state index contributed by atoms with van der Waals surface area (Å²) >= 11 is 0. The first-order chi connectivity index (χ1) is 9.06. The van der Waals surface area contributed by atoms with Crippen molar-refractivity contribution in [3.63, 3.8) is 0 Å². The number of allylic oxidation sites excluding steroid dienone is 2. The molecule has 0 fully saturated rings. The molecule has 0 bridgehead atoms. The van der Waals surface area contributed by atoms with Crippen molar-refractivity contribution in [3.8, 4) is 0 Å². The minimum absolute atomic E-state index is 0.137. The maximum atomic E-state index is 11.9. The average molecular weight is 265 g/mol. The van der Waals surface area contributed by atoms with Crippen LogP contribution in [0.4, 0.5) is 4.79 Å². The number of hydrogen-bond acceptors (Lipinski definition) is 4. The van der Waals surface area contributed by atoms with Gasteiger partial charge in [0.05, 0.1) is 19.8 Å². The van der Waals surface area contributed by atoms with E-state index in [2.05, 4.69) is 13.0 Å². The standard InChI is InChI=1S/C14H19NO4/c1-9-4-5-10-7-15(14(17)19-3)8-12(11(10)6-9)13(16)18-2/h4,8,10-11H,5-7H2,1-3H3/t10-,11-/m0/s1. The number of nitrogens with zero attached hydrogens (tertiary/aromatic N) is 1. The molecule has 2 rings (SSSR count). The van der Waals surface area contributed by atoms with Gasteiger partial charge >= 0.3 is 12.1 Å². The molecule has 104 valence electrons. The zero-order chi connectivity index (χ0) is 14.0. The summed E-state index contributed by atoms with van der Waals surface area (Å²) in [5.74, 6) is 0.0264. The summed E-state index contributed by atoms with van der Waals surface area (Å²) < 4.78 is 9.56. The van der Waals surface area contributed by atoms with Crippen LogP contribution in [0, 0.1) is 11.8 Å². The minimum Gasteiger partial charge on any atom is -0.466 e. The molecule has 0 radical (unpaired) electrons. The molecule has 0 unspecified atom stereocenters. The van der Waals surface area contributed by atoms with Crippen LogP contribution >= 0.6 is 0 Å². The number of amides is 1. The van der Waals surface area contributed by atoms with Gasteiger partial charge in [0.2, 0.25) is 0 Å². The van der Waals surface area contributed by atoms with E-state index in [1.54, 1.807) is 6.20 Å². The van der Waals surface area contributed by atoms with Crippen LogP contribution < -0.4 is 0 Å². The van der Waals surface area contributed by atoms with Crippen molar-refractivity contribution in [3.05, 3.63) is 23.4 Å². The molecule has 0 aromatic rings. The highest BCUT2D eigenvalue weighted by molar-refractivity contribution is 5.90. The van der Waals surface area contributed by atoms with E-state index >= 15 is 0 Å². The molecule has 1 heterocycles. The molecule has 2 atom stereocenters. The molecule has 1 aliphatic carbocycles. The summed E-state index contributed by atoms with van der Waals surface area (Å²) in [7, 11) is 2.70. The Labute approximate surface area is 112 Å². The third-order valence-electron chi connectivity index (χ3n) is 3.84. The molecule has 5 nitrogen and oxygen atoms in total. The van der Waals surface area contributed by atoms with E-state index in [1.807, 2.05) is 0 Å². The van der Waals surface area contributed by atoms with Gasteiger partial charge in [0.15, 0.2) is 0 Å². The van der Waals surface area contributed by atoms with Crippen LogP contribution in [0.2, 0.25) is 0 Å². The maximum Gasteiger partial charge on any atom is 0.413 e. The van der Waals surface area contributed by atoms with Crippen LogP contribution in [0.15, 0.2) is 23.4 Å². The molecule has 0 N–H and O–H groups in total. The van der Waals surface area contributed by atoms with Crippen molar-refractivity contribution in [1.29, 1.82) is 0 Å². The van der Waals surface area contributed by atoms with Gasteiger partial charge in [-0.15, -0.1) is 0 Å². The second kappa shape index (κ2) is 5.47. The Morgan fingerprint density at radius 3 is 2.68 bits per heavy atom. The first-order valence-corrected chi connectivity index (χ1v) is 6.37. The van der Waals surface area contributed by atoms with Gasteiger partial charge in [0.1, 0.15) is 0 Å². The van der Waals surface area contributed by atoms with Gasteiger partial charge in [-0.05, 0) is 25.7 Å². The second-order valence-corrected chi connectivity index (χ2v) is 5.06. The second-order valence-electron chi connectivity index (χ2n) is 5.06. The molecular weight excluding hydrogens is 246 g/mol. The fourth-order valence-corrected chi connectivity index (χ4v) is 2.81. The lowest BCUT2D eigenvalue weighted by atomic mass is 9.74. The van der Waals surface area contributed by atoms with Gasteiger partial charge in [0.25, 0.3) is 0 Å². The molecule has 0 saturated heterocycles. The largest absolute Gasteiger partial charge is 0.466 e. The van der Waals surface area contributed by atoms with Crippen LogP contribution in [0.25, 0.3) is 0 Å². The number of hydrogen-bond donors (Lipinski definition) is 0. The van der Waals surface area contributed by atoms with E-state index < -0.39 is 6.09 Å². The molecular formula is C14H19NO4. The lowest BCUT2D eigenvalue weighted by Gasteiger charge is -2.38. The number of carbonyl (C=O) groups excluding carboxylic acids is 2. The van der Waals surface area contributed by atoms with Crippen molar-refractivity contribution in [2.45, 2.75) is 19.8 Å².